The van der Waals surface area contributed by atoms with Gasteiger partial charge in [0, 0.05) is 25.6 Å². The molecule has 17 heavy (non-hydrogen) atoms. The Bertz CT molecular complexity index is 270. The van der Waals surface area contributed by atoms with Crippen LogP contribution in [0.5, 0.6) is 0 Å². The highest BCUT2D eigenvalue weighted by molar-refractivity contribution is 5.79. The van der Waals surface area contributed by atoms with Gasteiger partial charge in [0.1, 0.15) is 0 Å². The van der Waals surface area contributed by atoms with E-state index in [0.29, 0.717) is 17.9 Å². The summed E-state index contributed by atoms with van der Waals surface area (Å²) in [6.07, 6.45) is 2.93. The van der Waals surface area contributed by atoms with Crippen molar-refractivity contribution < 1.29 is 4.79 Å². The quantitative estimate of drug-likeness (QED) is 0.804. The van der Waals surface area contributed by atoms with Crippen molar-refractivity contribution in [2.24, 2.45) is 23.0 Å². The van der Waals surface area contributed by atoms with Gasteiger partial charge in [0.05, 0.1) is 0 Å². The van der Waals surface area contributed by atoms with Crippen molar-refractivity contribution in [1.29, 1.82) is 0 Å². The molecule has 0 heterocycles. The lowest BCUT2D eigenvalue weighted by molar-refractivity contribution is -0.138. The van der Waals surface area contributed by atoms with Gasteiger partial charge in [-0.25, -0.2) is 0 Å². The fourth-order valence-corrected chi connectivity index (χ4v) is 2.88. The maximum Gasteiger partial charge on any atom is 0.225 e. The molecule has 3 heteroatoms. The van der Waals surface area contributed by atoms with Gasteiger partial charge in [0.15, 0.2) is 0 Å². The summed E-state index contributed by atoms with van der Waals surface area (Å²) < 4.78 is 0. The number of carbonyl (C=O) groups excluding carboxylic acids is 1. The third kappa shape index (κ3) is 4.30. The van der Waals surface area contributed by atoms with E-state index in [2.05, 4.69) is 27.7 Å². The number of carbonyl (C=O) groups is 1. The van der Waals surface area contributed by atoms with Gasteiger partial charge in [-0.1, -0.05) is 27.7 Å². The molecule has 100 valence electrons. The van der Waals surface area contributed by atoms with Gasteiger partial charge in [-0.05, 0) is 30.6 Å². The second-order valence-corrected chi connectivity index (χ2v) is 6.91. The summed E-state index contributed by atoms with van der Waals surface area (Å²) in [6.45, 7) is 9.47. The average molecular weight is 240 g/mol. The molecule has 3 nitrogen and oxygen atoms in total. The Balaban J connectivity index is 2.57. The molecule has 1 aliphatic carbocycles. The van der Waals surface area contributed by atoms with Crippen molar-refractivity contribution >= 4 is 5.91 Å². The molecule has 1 rings (SSSR count). The van der Waals surface area contributed by atoms with Crippen LogP contribution in [-0.4, -0.2) is 30.4 Å². The lowest BCUT2D eigenvalue weighted by Gasteiger charge is -2.36. The first-order chi connectivity index (χ1) is 7.70. The molecule has 1 aliphatic rings. The van der Waals surface area contributed by atoms with E-state index in [1.54, 1.807) is 0 Å². The summed E-state index contributed by atoms with van der Waals surface area (Å²) >= 11 is 0. The summed E-state index contributed by atoms with van der Waals surface area (Å²) in [5.41, 5.74) is 6.11. The first-order valence-electron chi connectivity index (χ1n) is 6.71. The van der Waals surface area contributed by atoms with E-state index < -0.39 is 0 Å². The maximum atomic E-state index is 12.4. The minimum Gasteiger partial charge on any atom is -0.345 e. The number of hydrogen-bond donors (Lipinski definition) is 1. The molecular formula is C14H28N2O. The van der Waals surface area contributed by atoms with Gasteiger partial charge in [0.25, 0.3) is 0 Å². The van der Waals surface area contributed by atoms with Crippen LogP contribution in [-0.2, 0) is 4.79 Å². The topological polar surface area (TPSA) is 46.3 Å². The molecule has 0 saturated heterocycles. The normalized spacial score (nSPS) is 30.1. The van der Waals surface area contributed by atoms with E-state index >= 15 is 0 Å². The molecule has 0 aromatic carbocycles. The van der Waals surface area contributed by atoms with Crippen LogP contribution in [0.15, 0.2) is 0 Å². The first-order valence-corrected chi connectivity index (χ1v) is 6.71. The first kappa shape index (κ1) is 14.5. The molecule has 3 unspecified atom stereocenters. The molecule has 0 aromatic heterocycles. The Morgan fingerprint density at radius 3 is 2.41 bits per heavy atom. The third-order valence-corrected chi connectivity index (χ3v) is 3.61. The van der Waals surface area contributed by atoms with Gasteiger partial charge in [-0.2, -0.15) is 0 Å². The lowest BCUT2D eigenvalue weighted by atomic mass is 9.77. The molecule has 0 radical (unpaired) electrons. The minimum atomic E-state index is 0.165. The van der Waals surface area contributed by atoms with Crippen LogP contribution in [0.4, 0.5) is 0 Å². The van der Waals surface area contributed by atoms with Gasteiger partial charge in [-0.15, -0.1) is 0 Å². The third-order valence-electron chi connectivity index (χ3n) is 3.61. The Morgan fingerprint density at radius 2 is 1.94 bits per heavy atom. The number of rotatable bonds is 2. The number of nitrogens with two attached hydrogens (primary N) is 1. The standard InChI is InChI=1S/C14H28N2O/c1-10-8-11(15)6-7-12(10)13(17)16(5)9-14(2,3)4/h10-12H,6-9,15H2,1-5H3. The van der Waals surface area contributed by atoms with Crippen molar-refractivity contribution in [3.05, 3.63) is 0 Å². The molecule has 0 aliphatic heterocycles. The Kier molecular flexibility index (Phi) is 4.59. The van der Waals surface area contributed by atoms with Crippen LogP contribution in [0.3, 0.4) is 0 Å². The van der Waals surface area contributed by atoms with E-state index in [0.717, 1.165) is 25.8 Å². The molecule has 1 saturated carbocycles. The molecule has 2 N–H and O–H groups in total. The molecular weight excluding hydrogens is 212 g/mol. The number of hydrogen-bond acceptors (Lipinski definition) is 2. The van der Waals surface area contributed by atoms with Crippen molar-refractivity contribution in [2.75, 3.05) is 13.6 Å². The second kappa shape index (κ2) is 5.38. The van der Waals surface area contributed by atoms with E-state index in [-0.39, 0.29) is 11.3 Å². The number of amides is 1. The SMILES string of the molecule is CC1CC(N)CCC1C(=O)N(C)CC(C)(C)C. The van der Waals surface area contributed by atoms with Crippen molar-refractivity contribution in [3.8, 4) is 0 Å². The van der Waals surface area contributed by atoms with Gasteiger partial charge >= 0.3 is 0 Å². The van der Waals surface area contributed by atoms with Crippen LogP contribution < -0.4 is 5.73 Å². The van der Waals surface area contributed by atoms with Crippen molar-refractivity contribution in [2.45, 2.75) is 53.0 Å². The molecule has 0 aromatic rings. The van der Waals surface area contributed by atoms with Gasteiger partial charge < -0.3 is 10.6 Å². The lowest BCUT2D eigenvalue weighted by Crippen LogP contribution is -2.43. The van der Waals surface area contributed by atoms with Crippen LogP contribution in [0.25, 0.3) is 0 Å². The van der Waals surface area contributed by atoms with E-state index in [4.69, 9.17) is 5.73 Å². The summed E-state index contributed by atoms with van der Waals surface area (Å²) in [4.78, 5) is 14.3. The smallest absolute Gasteiger partial charge is 0.225 e. The zero-order chi connectivity index (χ0) is 13.2. The largest absolute Gasteiger partial charge is 0.345 e. The van der Waals surface area contributed by atoms with Gasteiger partial charge in [0.2, 0.25) is 5.91 Å². The van der Waals surface area contributed by atoms with Crippen molar-refractivity contribution in [3.63, 3.8) is 0 Å². The van der Waals surface area contributed by atoms with Crippen molar-refractivity contribution in [1.82, 2.24) is 4.90 Å². The molecule has 0 spiro atoms. The molecule has 0 bridgehead atoms. The summed E-state index contributed by atoms with van der Waals surface area (Å²) in [7, 11) is 1.93. The van der Waals surface area contributed by atoms with E-state index in [1.165, 1.54) is 0 Å². The fourth-order valence-electron chi connectivity index (χ4n) is 2.88. The zero-order valence-corrected chi connectivity index (χ0v) is 12.0. The second-order valence-electron chi connectivity index (χ2n) is 6.91. The van der Waals surface area contributed by atoms with Crippen LogP contribution in [0.2, 0.25) is 0 Å². The van der Waals surface area contributed by atoms with Crippen LogP contribution in [0.1, 0.15) is 47.0 Å². The highest BCUT2D eigenvalue weighted by Crippen LogP contribution is 2.31. The fraction of sp³-hybridized carbons (Fsp3) is 0.929. The predicted octanol–water partition coefficient (Wildman–Crippen LogP) is 2.25. The number of nitrogens with zero attached hydrogens (tertiary/aromatic N) is 1. The minimum absolute atomic E-state index is 0.165. The van der Waals surface area contributed by atoms with Crippen LogP contribution in [0, 0.1) is 17.3 Å². The highest BCUT2D eigenvalue weighted by Gasteiger charge is 2.33. The Morgan fingerprint density at radius 1 is 1.35 bits per heavy atom. The average Bonchev–Trinajstić information content (AvgIpc) is 2.14. The molecule has 1 amide bonds. The summed E-state index contributed by atoms with van der Waals surface area (Å²) in [5, 5.41) is 0. The summed E-state index contributed by atoms with van der Waals surface area (Å²) in [6, 6.07) is 0.293. The summed E-state index contributed by atoms with van der Waals surface area (Å²) in [5.74, 6) is 0.912. The predicted molar refractivity (Wildman–Crippen MR) is 71.6 cm³/mol. The Labute approximate surface area is 106 Å². The van der Waals surface area contributed by atoms with E-state index in [9.17, 15) is 4.79 Å². The Hall–Kier alpha value is -0.570. The zero-order valence-electron chi connectivity index (χ0n) is 12.0. The molecule has 3 atom stereocenters. The van der Waals surface area contributed by atoms with Gasteiger partial charge in [-0.3, -0.25) is 4.79 Å². The molecule has 1 fully saturated rings. The maximum absolute atomic E-state index is 12.4. The van der Waals surface area contributed by atoms with Crippen LogP contribution >= 0.6 is 0 Å². The highest BCUT2D eigenvalue weighted by atomic mass is 16.2. The monoisotopic (exact) mass is 240 g/mol. The van der Waals surface area contributed by atoms with E-state index in [1.807, 2.05) is 11.9 Å².